The zero-order valence-corrected chi connectivity index (χ0v) is 39.3. The topological polar surface area (TPSA) is 78.9 Å². The first kappa shape index (κ1) is 56.6. The fourth-order valence-electron chi connectivity index (χ4n) is 7.23. The molecule has 0 heterocycles. The predicted octanol–water partition coefficient (Wildman–Crippen LogP) is 16.5. The molecule has 0 fully saturated rings. The molecule has 0 rings (SSSR count). The fourth-order valence-corrected chi connectivity index (χ4v) is 7.23. The molecule has 0 aromatic rings. The van der Waals surface area contributed by atoms with Crippen molar-refractivity contribution in [2.75, 3.05) is 13.2 Å². The van der Waals surface area contributed by atoms with E-state index in [1.165, 1.54) is 148 Å². The van der Waals surface area contributed by atoms with Crippen molar-refractivity contribution in [1.29, 1.82) is 0 Å². The lowest BCUT2D eigenvalue weighted by molar-refractivity contribution is -0.167. The van der Waals surface area contributed by atoms with Crippen LogP contribution in [0.15, 0.2) is 36.5 Å². The lowest BCUT2D eigenvalue weighted by Gasteiger charge is -2.18. The summed E-state index contributed by atoms with van der Waals surface area (Å²) in [5.74, 6) is -0.892. The molecule has 0 aliphatic heterocycles. The van der Waals surface area contributed by atoms with Gasteiger partial charge in [-0.25, -0.2) is 0 Å². The van der Waals surface area contributed by atoms with Crippen molar-refractivity contribution in [2.45, 2.75) is 271 Å². The van der Waals surface area contributed by atoms with Crippen LogP contribution in [0.1, 0.15) is 265 Å². The van der Waals surface area contributed by atoms with Crippen LogP contribution in [-0.2, 0) is 28.6 Å². The molecular formula is C53H96O6. The van der Waals surface area contributed by atoms with E-state index in [1.807, 2.05) is 0 Å². The van der Waals surface area contributed by atoms with Crippen molar-refractivity contribution in [2.24, 2.45) is 0 Å². The highest BCUT2D eigenvalue weighted by molar-refractivity contribution is 5.71. The zero-order valence-electron chi connectivity index (χ0n) is 39.3. The van der Waals surface area contributed by atoms with Crippen LogP contribution in [0.4, 0.5) is 0 Å². The second-order valence-electron chi connectivity index (χ2n) is 17.1. The van der Waals surface area contributed by atoms with Gasteiger partial charge >= 0.3 is 17.9 Å². The van der Waals surface area contributed by atoms with E-state index in [9.17, 15) is 14.4 Å². The van der Waals surface area contributed by atoms with E-state index in [0.29, 0.717) is 19.3 Å². The number of ether oxygens (including phenoxy) is 3. The zero-order chi connectivity index (χ0) is 43.0. The van der Waals surface area contributed by atoms with Gasteiger partial charge in [-0.1, -0.05) is 205 Å². The molecule has 6 heteroatoms. The molecule has 1 unspecified atom stereocenters. The van der Waals surface area contributed by atoms with Gasteiger partial charge in [-0.3, -0.25) is 14.4 Å². The second-order valence-corrected chi connectivity index (χ2v) is 17.1. The molecule has 0 spiro atoms. The third kappa shape index (κ3) is 46.5. The normalized spacial score (nSPS) is 12.3. The first-order valence-electron chi connectivity index (χ1n) is 25.5. The summed E-state index contributed by atoms with van der Waals surface area (Å²) in [4.78, 5) is 37.8. The van der Waals surface area contributed by atoms with Gasteiger partial charge in [0.15, 0.2) is 6.10 Å². The third-order valence-corrected chi connectivity index (χ3v) is 11.1. The number of esters is 3. The average molecular weight is 829 g/mol. The van der Waals surface area contributed by atoms with E-state index < -0.39 is 6.10 Å². The molecule has 0 bridgehead atoms. The van der Waals surface area contributed by atoms with Gasteiger partial charge in [-0.15, -0.1) is 0 Å². The number of carbonyl (C=O) groups excluding carboxylic acids is 3. The second kappa shape index (κ2) is 48.3. The number of carbonyl (C=O) groups is 3. The molecule has 0 radical (unpaired) electrons. The number of allylic oxidation sites excluding steroid dienone is 6. The molecule has 0 aliphatic carbocycles. The summed E-state index contributed by atoms with van der Waals surface area (Å²) in [5, 5.41) is 0. The van der Waals surface area contributed by atoms with E-state index >= 15 is 0 Å². The Morgan fingerprint density at radius 1 is 0.339 bits per heavy atom. The van der Waals surface area contributed by atoms with Gasteiger partial charge in [0.1, 0.15) is 13.2 Å². The Morgan fingerprint density at radius 3 is 0.966 bits per heavy atom. The maximum absolute atomic E-state index is 12.7. The number of rotatable bonds is 46. The summed E-state index contributed by atoms with van der Waals surface area (Å²) in [7, 11) is 0. The van der Waals surface area contributed by atoms with Crippen LogP contribution in [-0.4, -0.2) is 37.2 Å². The van der Waals surface area contributed by atoms with Gasteiger partial charge in [0, 0.05) is 19.3 Å². The standard InChI is InChI=1S/C53H96O6/c1-4-7-10-13-16-18-20-22-24-26-27-29-30-32-34-37-40-43-46-52(55)58-49-50(48-57-51(54)45-42-39-36-15-12-9-6-3)59-53(56)47-44-41-38-35-33-31-28-25-23-21-19-17-14-11-8-5-2/h18,20,24-26,28,50H,4-17,19,21-23,27,29-49H2,1-3H3/b20-18-,26-24-,28-25-. The average Bonchev–Trinajstić information content (AvgIpc) is 3.23. The van der Waals surface area contributed by atoms with E-state index in [-0.39, 0.29) is 31.1 Å². The van der Waals surface area contributed by atoms with E-state index in [0.717, 1.165) is 77.0 Å². The lowest BCUT2D eigenvalue weighted by Crippen LogP contribution is -2.30. The summed E-state index contributed by atoms with van der Waals surface area (Å²) in [6.07, 6.45) is 55.7. The largest absolute Gasteiger partial charge is 0.462 e. The van der Waals surface area contributed by atoms with Gasteiger partial charge in [-0.05, 0) is 77.0 Å². The monoisotopic (exact) mass is 829 g/mol. The summed E-state index contributed by atoms with van der Waals surface area (Å²) >= 11 is 0. The number of hydrogen-bond donors (Lipinski definition) is 0. The minimum Gasteiger partial charge on any atom is -0.462 e. The van der Waals surface area contributed by atoms with Gasteiger partial charge in [0.05, 0.1) is 0 Å². The molecule has 344 valence electrons. The van der Waals surface area contributed by atoms with E-state index in [4.69, 9.17) is 14.2 Å². The van der Waals surface area contributed by atoms with Crippen LogP contribution in [0.5, 0.6) is 0 Å². The molecule has 0 amide bonds. The fraction of sp³-hybridized carbons (Fsp3) is 0.830. The van der Waals surface area contributed by atoms with Crippen LogP contribution in [0.3, 0.4) is 0 Å². The van der Waals surface area contributed by atoms with Crippen LogP contribution in [0.25, 0.3) is 0 Å². The Balaban J connectivity index is 4.27. The Morgan fingerprint density at radius 2 is 0.610 bits per heavy atom. The highest BCUT2D eigenvalue weighted by Gasteiger charge is 2.19. The van der Waals surface area contributed by atoms with Crippen molar-refractivity contribution >= 4 is 17.9 Å². The van der Waals surface area contributed by atoms with Crippen molar-refractivity contribution < 1.29 is 28.6 Å². The first-order valence-corrected chi connectivity index (χ1v) is 25.5. The highest BCUT2D eigenvalue weighted by Crippen LogP contribution is 2.14. The third-order valence-electron chi connectivity index (χ3n) is 11.1. The molecule has 0 aromatic carbocycles. The van der Waals surface area contributed by atoms with Crippen LogP contribution < -0.4 is 0 Å². The maximum atomic E-state index is 12.7. The molecule has 0 saturated heterocycles. The minimum atomic E-state index is -0.774. The number of hydrogen-bond acceptors (Lipinski definition) is 6. The Hall–Kier alpha value is -2.37. The highest BCUT2D eigenvalue weighted by atomic mass is 16.6. The Kier molecular flexibility index (Phi) is 46.4. The summed E-state index contributed by atoms with van der Waals surface area (Å²) in [6, 6.07) is 0. The number of unbranched alkanes of at least 4 members (excludes halogenated alkanes) is 29. The van der Waals surface area contributed by atoms with Gasteiger partial charge in [-0.2, -0.15) is 0 Å². The van der Waals surface area contributed by atoms with Crippen LogP contribution in [0.2, 0.25) is 0 Å². The minimum absolute atomic E-state index is 0.0765. The van der Waals surface area contributed by atoms with E-state index in [1.54, 1.807) is 0 Å². The van der Waals surface area contributed by atoms with Crippen molar-refractivity contribution in [3.63, 3.8) is 0 Å². The van der Waals surface area contributed by atoms with Gasteiger partial charge in [0.2, 0.25) is 0 Å². The molecular weight excluding hydrogens is 733 g/mol. The molecule has 6 nitrogen and oxygen atoms in total. The lowest BCUT2D eigenvalue weighted by atomic mass is 10.1. The van der Waals surface area contributed by atoms with Gasteiger partial charge < -0.3 is 14.2 Å². The van der Waals surface area contributed by atoms with Crippen molar-refractivity contribution in [1.82, 2.24) is 0 Å². The first-order chi connectivity index (χ1) is 29.0. The SMILES string of the molecule is CCCCCC/C=C\C/C=C\CCCCCCCCCC(=O)OCC(COC(=O)CCCCCCCCC)OC(=O)CCCCCCC/C=C\CCCCCCCCC. The van der Waals surface area contributed by atoms with Crippen molar-refractivity contribution in [3.05, 3.63) is 36.5 Å². The van der Waals surface area contributed by atoms with Crippen molar-refractivity contribution in [3.8, 4) is 0 Å². The van der Waals surface area contributed by atoms with Crippen LogP contribution >= 0.6 is 0 Å². The van der Waals surface area contributed by atoms with Gasteiger partial charge in [0.25, 0.3) is 0 Å². The van der Waals surface area contributed by atoms with Crippen LogP contribution in [0, 0.1) is 0 Å². The predicted molar refractivity (Wildman–Crippen MR) is 252 cm³/mol. The summed E-state index contributed by atoms with van der Waals surface area (Å²) < 4.78 is 16.7. The molecule has 0 saturated carbocycles. The Labute approximate surface area is 365 Å². The summed E-state index contributed by atoms with van der Waals surface area (Å²) in [6.45, 7) is 6.58. The smallest absolute Gasteiger partial charge is 0.306 e. The molecule has 0 aliphatic rings. The Bertz CT molecular complexity index is 1000. The molecule has 0 aromatic heterocycles. The molecule has 0 N–H and O–H groups in total. The summed E-state index contributed by atoms with van der Waals surface area (Å²) in [5.41, 5.74) is 0. The molecule has 59 heavy (non-hydrogen) atoms. The quantitative estimate of drug-likeness (QED) is 0.0263. The molecule has 1 atom stereocenters. The maximum Gasteiger partial charge on any atom is 0.306 e. The van der Waals surface area contributed by atoms with E-state index in [2.05, 4.69) is 57.2 Å².